The van der Waals surface area contributed by atoms with Crippen LogP contribution in [-0.2, 0) is 15.5 Å². The van der Waals surface area contributed by atoms with Crippen molar-refractivity contribution in [3.63, 3.8) is 0 Å². The zero-order chi connectivity index (χ0) is 13.3. The van der Waals surface area contributed by atoms with Gasteiger partial charge in [-0.05, 0) is 24.1 Å². The van der Waals surface area contributed by atoms with Crippen molar-refractivity contribution in [2.24, 2.45) is 0 Å². The van der Waals surface area contributed by atoms with Crippen molar-refractivity contribution in [1.82, 2.24) is 0 Å². The lowest BCUT2D eigenvalue weighted by Crippen LogP contribution is -2.18. The lowest BCUT2D eigenvalue weighted by atomic mass is 10.2. The Morgan fingerprint density at radius 2 is 1.94 bits per heavy atom. The molecule has 0 saturated heterocycles. The molecule has 3 nitrogen and oxygen atoms in total. The largest absolute Gasteiger partial charge is 0.573 e. The fraction of sp³-hybridized carbons (Fsp3) is 0.333. The number of benzene rings is 1. The Bertz CT molecular complexity index is 511. The van der Waals surface area contributed by atoms with E-state index in [1.165, 1.54) is 6.07 Å². The molecule has 0 radical (unpaired) electrons. The van der Waals surface area contributed by atoms with Crippen molar-refractivity contribution in [2.75, 3.05) is 0 Å². The molecule has 1 aromatic carbocycles. The van der Waals surface area contributed by atoms with Gasteiger partial charge in [-0.3, -0.25) is 0 Å². The third-order valence-electron chi connectivity index (χ3n) is 1.90. The van der Waals surface area contributed by atoms with E-state index < -0.39 is 26.1 Å². The van der Waals surface area contributed by atoms with Crippen LogP contribution in [0.4, 0.5) is 13.2 Å². The third kappa shape index (κ3) is 4.08. The second kappa shape index (κ2) is 4.73. The molecule has 0 amide bonds. The Hall–Kier alpha value is -0.950. The van der Waals surface area contributed by atoms with E-state index in [-0.39, 0.29) is 0 Å². The molecule has 0 aliphatic rings. The van der Waals surface area contributed by atoms with E-state index in [4.69, 9.17) is 10.7 Å². The van der Waals surface area contributed by atoms with Crippen LogP contribution >= 0.6 is 10.7 Å². The molecule has 0 aliphatic heterocycles. The van der Waals surface area contributed by atoms with E-state index >= 15 is 0 Å². The molecule has 0 bridgehead atoms. The number of hydrogen-bond donors (Lipinski definition) is 0. The summed E-state index contributed by atoms with van der Waals surface area (Å²) >= 11 is 0. The summed E-state index contributed by atoms with van der Waals surface area (Å²) in [6.45, 7) is 1.73. The Morgan fingerprint density at radius 1 is 1.35 bits per heavy atom. The molecule has 0 fully saturated rings. The average molecular weight is 289 g/mol. The minimum Gasteiger partial charge on any atom is -0.404 e. The van der Waals surface area contributed by atoms with Crippen LogP contribution in [0.5, 0.6) is 5.75 Å². The first-order valence-corrected chi connectivity index (χ1v) is 6.77. The molecule has 0 atom stereocenters. The summed E-state index contributed by atoms with van der Waals surface area (Å²) in [6.07, 6.45) is -4.50. The maximum atomic E-state index is 12.0. The van der Waals surface area contributed by atoms with Gasteiger partial charge in [0.2, 0.25) is 0 Å². The second-order valence-electron chi connectivity index (χ2n) is 3.12. The fourth-order valence-electron chi connectivity index (χ4n) is 1.17. The molecule has 96 valence electrons. The summed E-state index contributed by atoms with van der Waals surface area (Å²) in [5, 5.41) is 0. The first-order valence-electron chi connectivity index (χ1n) is 4.47. The van der Waals surface area contributed by atoms with Gasteiger partial charge in [-0.15, -0.1) is 13.2 Å². The lowest BCUT2D eigenvalue weighted by Gasteiger charge is -2.12. The number of alkyl halides is 3. The van der Waals surface area contributed by atoms with Crippen LogP contribution in [0.2, 0.25) is 0 Å². The van der Waals surface area contributed by atoms with Crippen LogP contribution in [-0.4, -0.2) is 14.8 Å². The van der Waals surface area contributed by atoms with Crippen LogP contribution in [0.3, 0.4) is 0 Å². The Kier molecular flexibility index (Phi) is 3.93. The topological polar surface area (TPSA) is 43.4 Å². The normalized spacial score (nSPS) is 12.5. The van der Waals surface area contributed by atoms with Crippen LogP contribution in [0.25, 0.3) is 0 Å². The van der Waals surface area contributed by atoms with E-state index in [2.05, 4.69) is 4.74 Å². The SMILES string of the molecule is CCc1ccc(OC(F)(F)F)c(S(=O)(=O)Cl)c1. The molecule has 1 rings (SSSR count). The van der Waals surface area contributed by atoms with E-state index in [0.29, 0.717) is 12.0 Å². The molecule has 17 heavy (non-hydrogen) atoms. The highest BCUT2D eigenvalue weighted by Crippen LogP contribution is 2.32. The number of aryl methyl sites for hydroxylation is 1. The maximum Gasteiger partial charge on any atom is 0.573 e. The highest BCUT2D eigenvalue weighted by Gasteiger charge is 2.33. The quantitative estimate of drug-likeness (QED) is 0.803. The third-order valence-corrected chi connectivity index (χ3v) is 3.25. The van der Waals surface area contributed by atoms with Crippen molar-refractivity contribution < 1.29 is 26.3 Å². The van der Waals surface area contributed by atoms with Gasteiger partial charge in [-0.1, -0.05) is 13.0 Å². The molecular weight excluding hydrogens is 281 g/mol. The van der Waals surface area contributed by atoms with Gasteiger partial charge >= 0.3 is 6.36 Å². The molecule has 0 saturated carbocycles. The van der Waals surface area contributed by atoms with Gasteiger partial charge in [0.05, 0.1) is 0 Å². The number of rotatable bonds is 3. The minimum atomic E-state index is -4.97. The molecule has 0 spiro atoms. The van der Waals surface area contributed by atoms with Gasteiger partial charge < -0.3 is 4.74 Å². The van der Waals surface area contributed by atoms with Crippen molar-refractivity contribution in [1.29, 1.82) is 0 Å². The highest BCUT2D eigenvalue weighted by atomic mass is 35.7. The van der Waals surface area contributed by atoms with Crippen molar-refractivity contribution in [3.05, 3.63) is 23.8 Å². The smallest absolute Gasteiger partial charge is 0.404 e. The molecule has 0 unspecified atom stereocenters. The summed E-state index contributed by atoms with van der Waals surface area (Å²) in [7, 11) is 0.755. The van der Waals surface area contributed by atoms with Gasteiger partial charge in [-0.2, -0.15) is 0 Å². The first-order chi connectivity index (χ1) is 7.63. The van der Waals surface area contributed by atoms with Gasteiger partial charge in [0.15, 0.2) is 0 Å². The minimum absolute atomic E-state index is 0.464. The number of hydrogen-bond acceptors (Lipinski definition) is 3. The van der Waals surface area contributed by atoms with Crippen LogP contribution in [0.1, 0.15) is 12.5 Å². The maximum absolute atomic E-state index is 12.0. The second-order valence-corrected chi connectivity index (χ2v) is 5.65. The van der Waals surface area contributed by atoms with E-state index in [1.54, 1.807) is 6.92 Å². The standard InChI is InChI=1S/C9H8ClF3O3S/c1-2-6-3-4-7(16-9(11,12)13)8(5-6)17(10,14)15/h3-5H,2H2,1H3. The van der Waals surface area contributed by atoms with Crippen LogP contribution in [0, 0.1) is 0 Å². The zero-order valence-corrected chi connectivity index (χ0v) is 10.2. The summed E-state index contributed by atoms with van der Waals surface area (Å²) in [6, 6.07) is 3.33. The summed E-state index contributed by atoms with van der Waals surface area (Å²) < 4.78 is 61.9. The molecular formula is C9H8ClF3O3S. The molecule has 1 aromatic rings. The van der Waals surface area contributed by atoms with E-state index in [9.17, 15) is 21.6 Å². The molecule has 0 N–H and O–H groups in total. The van der Waals surface area contributed by atoms with Crippen molar-refractivity contribution in [2.45, 2.75) is 24.6 Å². The predicted molar refractivity (Wildman–Crippen MR) is 55.5 cm³/mol. The summed E-state index contributed by atoms with van der Waals surface area (Å²) in [5.74, 6) is -0.829. The van der Waals surface area contributed by atoms with Gasteiger partial charge in [0, 0.05) is 10.7 Å². The van der Waals surface area contributed by atoms with E-state index in [1.807, 2.05) is 0 Å². The van der Waals surface area contributed by atoms with E-state index in [0.717, 1.165) is 12.1 Å². The van der Waals surface area contributed by atoms with Gasteiger partial charge in [0.1, 0.15) is 10.6 Å². The molecule has 8 heteroatoms. The lowest BCUT2D eigenvalue weighted by molar-refractivity contribution is -0.275. The van der Waals surface area contributed by atoms with Gasteiger partial charge in [0.25, 0.3) is 9.05 Å². The van der Waals surface area contributed by atoms with Crippen LogP contribution < -0.4 is 4.74 Å². The van der Waals surface area contributed by atoms with Crippen LogP contribution in [0.15, 0.2) is 23.1 Å². The molecule has 0 aliphatic carbocycles. The first kappa shape index (κ1) is 14.1. The van der Waals surface area contributed by atoms with Crippen molar-refractivity contribution in [3.8, 4) is 5.75 Å². The Morgan fingerprint density at radius 3 is 2.35 bits per heavy atom. The Balaban J connectivity index is 3.31. The zero-order valence-electron chi connectivity index (χ0n) is 8.58. The summed E-state index contributed by atoms with van der Waals surface area (Å²) in [5.41, 5.74) is 0.541. The highest BCUT2D eigenvalue weighted by molar-refractivity contribution is 8.13. The average Bonchev–Trinajstić information content (AvgIpc) is 2.14. The van der Waals surface area contributed by atoms with Crippen molar-refractivity contribution >= 4 is 19.7 Å². The molecule has 0 heterocycles. The van der Waals surface area contributed by atoms with Gasteiger partial charge in [-0.25, -0.2) is 8.42 Å². The number of ether oxygens (including phenoxy) is 1. The predicted octanol–water partition coefficient (Wildman–Crippen LogP) is 3.08. The fourth-order valence-corrected chi connectivity index (χ4v) is 2.18. The summed E-state index contributed by atoms with van der Waals surface area (Å²) in [4.78, 5) is -0.684. The molecule has 0 aromatic heterocycles. The number of halogens is 4. The Labute approximate surface area is 101 Å². The monoisotopic (exact) mass is 288 g/mol.